The molecule has 0 bridgehead atoms. The monoisotopic (exact) mass is 378 g/mol. The molecule has 1 fully saturated rings. The summed E-state index contributed by atoms with van der Waals surface area (Å²) >= 11 is 0. The molecule has 27 heavy (non-hydrogen) atoms. The van der Waals surface area contributed by atoms with Crippen LogP contribution in [0.1, 0.15) is 43.0 Å². The molecular formula is C18H14F4N4O. The van der Waals surface area contributed by atoms with Crippen molar-refractivity contribution in [3.63, 3.8) is 0 Å². The summed E-state index contributed by atoms with van der Waals surface area (Å²) in [5.41, 5.74) is 0.719. The SMILES string of the molecule is Fc1ccc(C2(Cc3ncc(-c4nnc(C(F)F)o4)cn3)CCC2)cc1F. The van der Waals surface area contributed by atoms with Crippen molar-refractivity contribution in [3.8, 4) is 11.5 Å². The van der Waals surface area contributed by atoms with Crippen molar-refractivity contribution in [3.05, 3.63) is 59.5 Å². The topological polar surface area (TPSA) is 64.7 Å². The van der Waals surface area contributed by atoms with Gasteiger partial charge in [-0.25, -0.2) is 18.7 Å². The molecule has 4 rings (SSSR count). The molecule has 9 heteroatoms. The number of nitrogens with zero attached hydrogens (tertiary/aromatic N) is 4. The molecule has 1 saturated carbocycles. The fourth-order valence-electron chi connectivity index (χ4n) is 3.30. The molecule has 0 saturated heterocycles. The molecule has 1 aliphatic rings. The van der Waals surface area contributed by atoms with Gasteiger partial charge in [-0.1, -0.05) is 12.5 Å². The van der Waals surface area contributed by atoms with Gasteiger partial charge in [-0.2, -0.15) is 8.78 Å². The van der Waals surface area contributed by atoms with Gasteiger partial charge >= 0.3 is 6.43 Å². The van der Waals surface area contributed by atoms with E-state index in [9.17, 15) is 17.6 Å². The summed E-state index contributed by atoms with van der Waals surface area (Å²) in [6.45, 7) is 0. The fraction of sp³-hybridized carbons (Fsp3) is 0.333. The van der Waals surface area contributed by atoms with Crippen LogP contribution >= 0.6 is 0 Å². The molecule has 0 N–H and O–H groups in total. The van der Waals surface area contributed by atoms with E-state index in [2.05, 4.69) is 20.2 Å². The molecule has 140 valence electrons. The van der Waals surface area contributed by atoms with E-state index < -0.39 is 24.0 Å². The van der Waals surface area contributed by atoms with Gasteiger partial charge in [0.2, 0.25) is 0 Å². The van der Waals surface area contributed by atoms with E-state index in [1.807, 2.05) is 0 Å². The van der Waals surface area contributed by atoms with Crippen LogP contribution in [0.2, 0.25) is 0 Å². The number of hydrogen-bond acceptors (Lipinski definition) is 5. The van der Waals surface area contributed by atoms with Crippen LogP contribution in [0, 0.1) is 11.6 Å². The van der Waals surface area contributed by atoms with Crippen molar-refractivity contribution in [2.45, 2.75) is 37.5 Å². The zero-order chi connectivity index (χ0) is 19.0. The molecule has 0 aliphatic heterocycles. The lowest BCUT2D eigenvalue weighted by molar-refractivity contribution is 0.116. The van der Waals surface area contributed by atoms with Crippen LogP contribution in [0.25, 0.3) is 11.5 Å². The summed E-state index contributed by atoms with van der Waals surface area (Å²) in [6.07, 6.45) is 3.08. The molecule has 3 aromatic rings. The summed E-state index contributed by atoms with van der Waals surface area (Å²) in [6, 6.07) is 3.95. The third kappa shape index (κ3) is 3.29. The first-order valence-corrected chi connectivity index (χ1v) is 8.35. The van der Waals surface area contributed by atoms with E-state index in [1.165, 1.54) is 18.5 Å². The first-order chi connectivity index (χ1) is 13.0. The van der Waals surface area contributed by atoms with Crippen LogP contribution in [0.5, 0.6) is 0 Å². The maximum absolute atomic E-state index is 13.6. The third-order valence-corrected chi connectivity index (χ3v) is 4.92. The maximum Gasteiger partial charge on any atom is 0.314 e. The second kappa shape index (κ2) is 6.71. The van der Waals surface area contributed by atoms with E-state index >= 15 is 0 Å². The van der Waals surface area contributed by atoms with Crippen molar-refractivity contribution in [2.24, 2.45) is 0 Å². The Kier molecular flexibility index (Phi) is 4.37. The zero-order valence-corrected chi connectivity index (χ0v) is 14.0. The van der Waals surface area contributed by atoms with Gasteiger partial charge in [0.05, 0.1) is 5.56 Å². The van der Waals surface area contributed by atoms with Gasteiger partial charge in [-0.05, 0) is 30.5 Å². The highest BCUT2D eigenvalue weighted by atomic mass is 19.3. The van der Waals surface area contributed by atoms with Crippen molar-refractivity contribution < 1.29 is 22.0 Å². The van der Waals surface area contributed by atoms with Crippen molar-refractivity contribution >= 4 is 0 Å². The Morgan fingerprint density at radius 1 is 1.04 bits per heavy atom. The van der Waals surface area contributed by atoms with Gasteiger partial charge < -0.3 is 4.42 Å². The molecular weight excluding hydrogens is 364 g/mol. The minimum atomic E-state index is -2.85. The van der Waals surface area contributed by atoms with Crippen molar-refractivity contribution in [1.82, 2.24) is 20.2 Å². The van der Waals surface area contributed by atoms with Crippen LogP contribution in [0.3, 0.4) is 0 Å². The minimum absolute atomic E-state index is 0.0872. The Labute approximate surface area is 151 Å². The molecule has 0 amide bonds. The predicted octanol–water partition coefficient (Wildman–Crippen LogP) is 4.41. The number of halogens is 4. The number of rotatable bonds is 5. The van der Waals surface area contributed by atoms with Crippen LogP contribution in [0.15, 0.2) is 35.0 Å². The van der Waals surface area contributed by atoms with E-state index in [4.69, 9.17) is 4.42 Å². The molecule has 0 radical (unpaired) electrons. The highest BCUT2D eigenvalue weighted by Crippen LogP contribution is 2.46. The fourth-order valence-corrected chi connectivity index (χ4v) is 3.30. The van der Waals surface area contributed by atoms with Crippen LogP contribution in [-0.2, 0) is 11.8 Å². The Balaban J connectivity index is 1.55. The number of hydrogen-bond donors (Lipinski definition) is 0. The molecule has 1 aliphatic carbocycles. The van der Waals surface area contributed by atoms with E-state index in [1.54, 1.807) is 6.07 Å². The smallest absolute Gasteiger partial charge is 0.314 e. The molecule has 0 atom stereocenters. The summed E-state index contributed by atoms with van der Waals surface area (Å²) in [5.74, 6) is -2.09. The average molecular weight is 378 g/mol. The average Bonchev–Trinajstić information content (AvgIpc) is 3.12. The first kappa shape index (κ1) is 17.6. The molecule has 2 heterocycles. The molecule has 0 unspecified atom stereocenters. The van der Waals surface area contributed by atoms with Gasteiger partial charge in [0.15, 0.2) is 11.6 Å². The van der Waals surface area contributed by atoms with Crippen molar-refractivity contribution in [2.75, 3.05) is 0 Å². The standard InChI is InChI=1S/C18H14F4N4O/c19-12-3-2-11(6-13(12)20)18(4-1-5-18)7-14-23-8-10(9-24-14)16-25-26-17(27-16)15(21)22/h2-3,6,8-9,15H,1,4-5,7H2. The lowest BCUT2D eigenvalue weighted by Gasteiger charge is -2.42. The molecule has 1 aromatic carbocycles. The van der Waals surface area contributed by atoms with Gasteiger partial charge in [-0.3, -0.25) is 0 Å². The zero-order valence-electron chi connectivity index (χ0n) is 14.0. The lowest BCUT2D eigenvalue weighted by atomic mass is 9.62. The van der Waals surface area contributed by atoms with Crippen molar-refractivity contribution in [1.29, 1.82) is 0 Å². The quantitative estimate of drug-likeness (QED) is 0.616. The maximum atomic E-state index is 13.6. The number of benzene rings is 1. The van der Waals surface area contributed by atoms with Gasteiger partial charge in [-0.15, -0.1) is 10.2 Å². The number of aromatic nitrogens is 4. The summed E-state index contributed by atoms with van der Waals surface area (Å²) in [7, 11) is 0. The van der Waals surface area contributed by atoms with E-state index in [0.717, 1.165) is 30.9 Å². The van der Waals surface area contributed by atoms with E-state index in [-0.39, 0.29) is 11.3 Å². The van der Waals surface area contributed by atoms with Gasteiger partial charge in [0, 0.05) is 24.2 Å². The minimum Gasteiger partial charge on any atom is -0.415 e. The Hall–Kier alpha value is -2.84. The Bertz CT molecular complexity index is 954. The second-order valence-electron chi connectivity index (χ2n) is 6.57. The predicted molar refractivity (Wildman–Crippen MR) is 85.9 cm³/mol. The second-order valence-corrected chi connectivity index (χ2v) is 6.57. The summed E-state index contributed by atoms with van der Waals surface area (Å²) in [5, 5.41) is 6.81. The normalized spacial score (nSPS) is 15.7. The largest absolute Gasteiger partial charge is 0.415 e. The van der Waals surface area contributed by atoms with Crippen LogP contribution in [0.4, 0.5) is 17.6 Å². The summed E-state index contributed by atoms with van der Waals surface area (Å²) in [4.78, 5) is 8.49. The Morgan fingerprint density at radius 3 is 2.33 bits per heavy atom. The molecule has 2 aromatic heterocycles. The van der Waals surface area contributed by atoms with E-state index in [0.29, 0.717) is 17.8 Å². The lowest BCUT2D eigenvalue weighted by Crippen LogP contribution is -2.37. The summed E-state index contributed by atoms with van der Waals surface area (Å²) < 4.78 is 56.8. The highest BCUT2D eigenvalue weighted by Gasteiger charge is 2.40. The number of alkyl halides is 2. The third-order valence-electron chi connectivity index (χ3n) is 4.92. The molecule has 0 spiro atoms. The van der Waals surface area contributed by atoms with Gasteiger partial charge in [0.1, 0.15) is 5.82 Å². The van der Waals surface area contributed by atoms with Gasteiger partial charge in [0.25, 0.3) is 11.8 Å². The van der Waals surface area contributed by atoms with Crippen LogP contribution < -0.4 is 0 Å². The first-order valence-electron chi connectivity index (χ1n) is 8.35. The molecule has 5 nitrogen and oxygen atoms in total. The Morgan fingerprint density at radius 2 is 1.78 bits per heavy atom. The van der Waals surface area contributed by atoms with Crippen LogP contribution in [-0.4, -0.2) is 20.2 Å². The highest BCUT2D eigenvalue weighted by molar-refractivity contribution is 5.48.